The van der Waals surface area contributed by atoms with Gasteiger partial charge in [-0.3, -0.25) is 9.59 Å². The Labute approximate surface area is 209 Å². The topological polar surface area (TPSA) is 157 Å². The highest BCUT2D eigenvalue weighted by Crippen LogP contribution is 2.24. The van der Waals surface area contributed by atoms with Gasteiger partial charge < -0.3 is 30.5 Å². The zero-order chi connectivity index (χ0) is 27.6. The minimum atomic E-state index is -1.16. The number of nitrogens with zero attached hydrogens (tertiary/aromatic N) is 1. The molecule has 0 rings (SSSR count). The number of aliphatic carboxylic acids is 1. The average Bonchev–Trinajstić information content (AvgIpc) is 2.63. The molecule has 204 valence electrons. The molecule has 0 unspecified atom stereocenters. The monoisotopic (exact) mass is 503 g/mol. The average molecular weight is 504 g/mol. The molecular weight excluding hydrogens is 458 g/mol. The van der Waals surface area contributed by atoms with Crippen molar-refractivity contribution in [1.29, 1.82) is 0 Å². The van der Waals surface area contributed by atoms with Gasteiger partial charge in [-0.05, 0) is 88.0 Å². The van der Waals surface area contributed by atoms with Gasteiger partial charge in [0.05, 0.1) is 0 Å². The molecule has 0 aliphatic rings. The van der Waals surface area contributed by atoms with Crippen LogP contribution in [0.3, 0.4) is 0 Å². The molecular formula is C24H45N3O8. The first-order chi connectivity index (χ1) is 15.7. The Balaban J connectivity index is 5.40. The number of alkyl carbamates (subject to hydrolysis) is 1. The number of carbonyl (C=O) groups excluding carboxylic acids is 3. The minimum Gasteiger partial charge on any atom is -0.481 e. The van der Waals surface area contributed by atoms with Gasteiger partial charge in [0.15, 0.2) is 0 Å². The van der Waals surface area contributed by atoms with Crippen molar-refractivity contribution in [3.05, 3.63) is 0 Å². The van der Waals surface area contributed by atoms with Crippen LogP contribution in [0.1, 0.15) is 94.4 Å². The summed E-state index contributed by atoms with van der Waals surface area (Å²) in [5, 5.41) is 12.8. The molecule has 0 aromatic rings. The van der Waals surface area contributed by atoms with Crippen LogP contribution < -0.4 is 11.1 Å². The maximum Gasteiger partial charge on any atom is 0.407 e. The van der Waals surface area contributed by atoms with E-state index in [1.807, 2.05) is 0 Å². The van der Waals surface area contributed by atoms with Gasteiger partial charge in [0.2, 0.25) is 0 Å². The van der Waals surface area contributed by atoms with E-state index in [2.05, 4.69) is 5.32 Å². The molecule has 11 nitrogen and oxygen atoms in total. The molecule has 1 amide bonds. The number of unbranched alkanes of at least 4 members (excludes halogenated alkanes) is 1. The van der Waals surface area contributed by atoms with Crippen LogP contribution in [0.4, 0.5) is 4.79 Å². The highest BCUT2D eigenvalue weighted by molar-refractivity contribution is 5.78. The van der Waals surface area contributed by atoms with Gasteiger partial charge in [-0.25, -0.2) is 9.59 Å². The van der Waals surface area contributed by atoms with Crippen LogP contribution in [-0.4, -0.2) is 69.5 Å². The fourth-order valence-corrected chi connectivity index (χ4v) is 2.90. The second kappa shape index (κ2) is 13.6. The van der Waals surface area contributed by atoms with Gasteiger partial charge >= 0.3 is 24.0 Å². The lowest BCUT2D eigenvalue weighted by molar-refractivity contribution is -0.238. The van der Waals surface area contributed by atoms with E-state index in [1.165, 1.54) is 5.06 Å². The van der Waals surface area contributed by atoms with Gasteiger partial charge in [0.25, 0.3) is 0 Å². The van der Waals surface area contributed by atoms with Gasteiger partial charge in [0.1, 0.15) is 23.3 Å². The highest BCUT2D eigenvalue weighted by Gasteiger charge is 2.40. The molecule has 0 radical (unpaired) electrons. The van der Waals surface area contributed by atoms with E-state index in [4.69, 9.17) is 25.2 Å². The Morgan fingerprint density at radius 2 is 1.40 bits per heavy atom. The summed E-state index contributed by atoms with van der Waals surface area (Å²) < 4.78 is 10.8. The number of carboxylic acids is 1. The number of hydroxylamine groups is 2. The third kappa shape index (κ3) is 15.3. The number of hydrogen-bond acceptors (Lipinski definition) is 9. The quantitative estimate of drug-likeness (QED) is 0.205. The molecule has 0 aromatic carbocycles. The Morgan fingerprint density at radius 1 is 0.857 bits per heavy atom. The normalized spacial score (nSPS) is 14.1. The van der Waals surface area contributed by atoms with Crippen molar-refractivity contribution in [1.82, 2.24) is 10.4 Å². The fraction of sp³-hybridized carbons (Fsp3) is 0.833. The summed E-state index contributed by atoms with van der Waals surface area (Å²) in [5.74, 6) is -2.48. The van der Waals surface area contributed by atoms with E-state index < -0.39 is 52.8 Å². The van der Waals surface area contributed by atoms with Crippen LogP contribution in [0.15, 0.2) is 0 Å². The van der Waals surface area contributed by atoms with Crippen LogP contribution in [0.2, 0.25) is 0 Å². The summed E-state index contributed by atoms with van der Waals surface area (Å²) in [6.07, 6.45) is 0.421. The standard InChI is InChI=1S/C24H45N3O8/c1-22(2,3)27(35-19(30)16(25)13-14-18(28)29)17(20(31)33-23(4,5)6)12-10-11-15-26-21(32)34-24(7,8)9/h16-17H,10-15,25H2,1-9H3,(H,26,32)(H,28,29)/t16-,17-/m0/s1. The summed E-state index contributed by atoms with van der Waals surface area (Å²) in [4.78, 5) is 53.9. The number of amides is 1. The molecule has 2 atom stereocenters. The second-order valence-electron chi connectivity index (χ2n) is 11.4. The van der Waals surface area contributed by atoms with Crippen LogP contribution in [0, 0.1) is 0 Å². The largest absolute Gasteiger partial charge is 0.481 e. The number of carbonyl (C=O) groups is 4. The molecule has 0 aliphatic heterocycles. The molecule has 35 heavy (non-hydrogen) atoms. The number of hydrogen-bond donors (Lipinski definition) is 3. The lowest BCUT2D eigenvalue weighted by atomic mass is 10.0. The van der Waals surface area contributed by atoms with Crippen molar-refractivity contribution in [2.75, 3.05) is 6.54 Å². The Bertz CT molecular complexity index is 720. The van der Waals surface area contributed by atoms with Crippen molar-refractivity contribution in [3.63, 3.8) is 0 Å². The van der Waals surface area contributed by atoms with E-state index in [0.29, 0.717) is 19.4 Å². The zero-order valence-corrected chi connectivity index (χ0v) is 22.7. The van der Waals surface area contributed by atoms with Crippen molar-refractivity contribution in [2.24, 2.45) is 5.73 Å². The molecule has 4 N–H and O–H groups in total. The predicted octanol–water partition coefficient (Wildman–Crippen LogP) is 3.14. The summed E-state index contributed by atoms with van der Waals surface area (Å²) in [6.45, 7) is 16.2. The maximum absolute atomic E-state index is 13.1. The third-order valence-electron chi connectivity index (χ3n) is 4.36. The third-order valence-corrected chi connectivity index (χ3v) is 4.36. The van der Waals surface area contributed by atoms with E-state index in [1.54, 1.807) is 62.3 Å². The number of nitrogens with one attached hydrogen (secondary N) is 1. The number of nitrogens with two attached hydrogens (primary N) is 1. The van der Waals surface area contributed by atoms with E-state index in [0.717, 1.165) is 0 Å². The van der Waals surface area contributed by atoms with E-state index >= 15 is 0 Å². The lowest BCUT2D eigenvalue weighted by Gasteiger charge is -2.39. The van der Waals surface area contributed by atoms with Gasteiger partial charge in [-0.1, -0.05) is 0 Å². The van der Waals surface area contributed by atoms with E-state index in [9.17, 15) is 19.2 Å². The molecule has 0 heterocycles. The number of carboxylic acid groups (broad SMARTS) is 1. The van der Waals surface area contributed by atoms with E-state index in [-0.39, 0.29) is 19.3 Å². The number of rotatable bonds is 12. The zero-order valence-electron chi connectivity index (χ0n) is 22.7. The van der Waals surface area contributed by atoms with Gasteiger partial charge in [0, 0.05) is 18.5 Å². The smallest absolute Gasteiger partial charge is 0.407 e. The predicted molar refractivity (Wildman–Crippen MR) is 130 cm³/mol. The Morgan fingerprint density at radius 3 is 1.86 bits per heavy atom. The van der Waals surface area contributed by atoms with Crippen molar-refractivity contribution >= 4 is 24.0 Å². The molecule has 0 saturated heterocycles. The molecule has 0 aromatic heterocycles. The summed E-state index contributed by atoms with van der Waals surface area (Å²) in [6, 6.07) is -2.10. The summed E-state index contributed by atoms with van der Waals surface area (Å²) in [5.41, 5.74) is 3.65. The Hall–Kier alpha value is -2.40. The highest BCUT2D eigenvalue weighted by atomic mass is 16.7. The van der Waals surface area contributed by atoms with Crippen LogP contribution in [-0.2, 0) is 28.7 Å². The minimum absolute atomic E-state index is 0.0976. The number of ether oxygens (including phenoxy) is 2. The van der Waals surface area contributed by atoms with Crippen molar-refractivity contribution in [3.8, 4) is 0 Å². The second-order valence-corrected chi connectivity index (χ2v) is 11.4. The number of esters is 1. The molecule has 0 aliphatic carbocycles. The maximum atomic E-state index is 13.1. The fourth-order valence-electron chi connectivity index (χ4n) is 2.90. The van der Waals surface area contributed by atoms with Gasteiger partial charge in [-0.15, -0.1) is 5.06 Å². The van der Waals surface area contributed by atoms with Crippen LogP contribution in [0.25, 0.3) is 0 Å². The first-order valence-electron chi connectivity index (χ1n) is 11.9. The molecule has 0 fully saturated rings. The molecule has 0 saturated carbocycles. The van der Waals surface area contributed by atoms with Crippen LogP contribution >= 0.6 is 0 Å². The summed E-state index contributed by atoms with van der Waals surface area (Å²) in [7, 11) is 0. The molecule has 0 spiro atoms. The van der Waals surface area contributed by atoms with Crippen molar-refractivity contribution < 1.29 is 38.6 Å². The van der Waals surface area contributed by atoms with Gasteiger partial charge in [-0.2, -0.15) is 0 Å². The lowest BCUT2D eigenvalue weighted by Crippen LogP contribution is -2.55. The van der Waals surface area contributed by atoms with Crippen molar-refractivity contribution in [2.45, 2.75) is 123 Å². The Kier molecular flexibility index (Phi) is 12.7. The first kappa shape index (κ1) is 32.6. The summed E-state index contributed by atoms with van der Waals surface area (Å²) >= 11 is 0. The molecule has 11 heteroatoms. The van der Waals surface area contributed by atoms with Crippen LogP contribution in [0.5, 0.6) is 0 Å². The molecule has 0 bridgehead atoms. The SMILES string of the molecule is CC(C)(C)OC(=O)NCCCC[C@@H](C(=O)OC(C)(C)C)N(OC(=O)[C@@H](N)CCC(=O)O)C(C)(C)C. The first-order valence-corrected chi connectivity index (χ1v) is 11.9.